The quantitative estimate of drug-likeness (QED) is 0.841. The first-order chi connectivity index (χ1) is 9.80. The average Bonchev–Trinajstić information content (AvgIpc) is 2.85. The summed E-state index contributed by atoms with van der Waals surface area (Å²) in [6, 6.07) is 0.799. The summed E-state index contributed by atoms with van der Waals surface area (Å²) in [7, 11) is 4.62. The molecule has 2 rings (SSSR count). The van der Waals surface area contributed by atoms with Crippen LogP contribution in [0, 0.1) is 5.41 Å². The maximum atomic E-state index is 3.79. The zero-order valence-corrected chi connectivity index (χ0v) is 15.0. The highest BCUT2D eigenvalue weighted by atomic mass is 15.2. The molecule has 0 bridgehead atoms. The van der Waals surface area contributed by atoms with Crippen LogP contribution in [0.2, 0.25) is 0 Å². The van der Waals surface area contributed by atoms with Crippen LogP contribution in [0.5, 0.6) is 0 Å². The lowest BCUT2D eigenvalue weighted by molar-refractivity contribution is 0.0899. The van der Waals surface area contributed by atoms with Gasteiger partial charge in [0.15, 0.2) is 0 Å². The normalized spacial score (nSPS) is 24.9. The highest BCUT2D eigenvalue weighted by molar-refractivity contribution is 4.92. The predicted octanol–water partition coefficient (Wildman–Crippen LogP) is 2.96. The van der Waals surface area contributed by atoms with E-state index >= 15 is 0 Å². The van der Waals surface area contributed by atoms with E-state index in [1.807, 2.05) is 0 Å². The summed E-state index contributed by atoms with van der Waals surface area (Å²) in [4.78, 5) is 5.15. The molecular formula is C18H37N3. The van der Waals surface area contributed by atoms with Crippen molar-refractivity contribution in [2.24, 2.45) is 5.41 Å². The molecule has 0 aromatic carbocycles. The number of likely N-dealkylation sites (tertiary alicyclic amines) is 1. The minimum absolute atomic E-state index is 0.238. The number of nitrogens with zero attached hydrogens (tertiary/aromatic N) is 2. The third-order valence-electron chi connectivity index (χ3n) is 5.55. The molecule has 124 valence electrons. The first-order valence-corrected chi connectivity index (χ1v) is 8.94. The van der Waals surface area contributed by atoms with E-state index in [2.05, 4.69) is 50.0 Å². The van der Waals surface area contributed by atoms with Crippen molar-refractivity contribution in [2.75, 3.05) is 40.3 Å². The molecular weight excluding hydrogens is 258 g/mol. The summed E-state index contributed by atoms with van der Waals surface area (Å²) >= 11 is 0. The van der Waals surface area contributed by atoms with Crippen LogP contribution in [-0.2, 0) is 0 Å². The van der Waals surface area contributed by atoms with Crippen LogP contribution in [-0.4, -0.2) is 61.7 Å². The highest BCUT2D eigenvalue weighted by Crippen LogP contribution is 2.39. The Bertz CT molecular complexity index is 307. The molecule has 1 aliphatic heterocycles. The van der Waals surface area contributed by atoms with Gasteiger partial charge < -0.3 is 15.1 Å². The molecule has 2 fully saturated rings. The van der Waals surface area contributed by atoms with Gasteiger partial charge in [-0.05, 0) is 79.1 Å². The lowest BCUT2D eigenvalue weighted by Crippen LogP contribution is -2.50. The molecule has 1 N–H and O–H groups in total. The molecule has 1 heterocycles. The first-order valence-electron chi connectivity index (χ1n) is 8.94. The summed E-state index contributed by atoms with van der Waals surface area (Å²) < 4.78 is 0. The van der Waals surface area contributed by atoms with Crippen LogP contribution in [0.4, 0.5) is 0 Å². The van der Waals surface area contributed by atoms with Crippen LogP contribution >= 0.6 is 0 Å². The van der Waals surface area contributed by atoms with Gasteiger partial charge in [-0.1, -0.05) is 12.8 Å². The number of nitrogens with one attached hydrogen (secondary N) is 1. The topological polar surface area (TPSA) is 18.5 Å². The molecule has 1 saturated heterocycles. The molecule has 0 spiro atoms. The molecule has 21 heavy (non-hydrogen) atoms. The van der Waals surface area contributed by atoms with Gasteiger partial charge >= 0.3 is 0 Å². The van der Waals surface area contributed by atoms with Crippen molar-refractivity contribution in [1.82, 2.24) is 15.1 Å². The predicted molar refractivity (Wildman–Crippen MR) is 91.8 cm³/mol. The number of rotatable bonds is 5. The van der Waals surface area contributed by atoms with Crippen molar-refractivity contribution in [3.63, 3.8) is 0 Å². The molecule has 2 aliphatic rings. The molecule has 3 nitrogen and oxygen atoms in total. The van der Waals surface area contributed by atoms with Crippen molar-refractivity contribution in [3.8, 4) is 0 Å². The van der Waals surface area contributed by atoms with Crippen molar-refractivity contribution in [1.29, 1.82) is 0 Å². The Labute approximate surface area is 132 Å². The van der Waals surface area contributed by atoms with Crippen LogP contribution in [0.25, 0.3) is 0 Å². The highest BCUT2D eigenvalue weighted by Gasteiger charge is 2.37. The van der Waals surface area contributed by atoms with Gasteiger partial charge in [0.05, 0.1) is 0 Å². The molecule has 1 saturated carbocycles. The molecule has 0 amide bonds. The van der Waals surface area contributed by atoms with Gasteiger partial charge in [-0.2, -0.15) is 0 Å². The summed E-state index contributed by atoms with van der Waals surface area (Å²) in [5.41, 5.74) is 0.757. The van der Waals surface area contributed by atoms with E-state index in [-0.39, 0.29) is 5.54 Å². The fourth-order valence-electron chi connectivity index (χ4n) is 4.06. The van der Waals surface area contributed by atoms with Crippen molar-refractivity contribution in [2.45, 2.75) is 70.9 Å². The largest absolute Gasteiger partial charge is 0.311 e. The van der Waals surface area contributed by atoms with E-state index in [9.17, 15) is 0 Å². The second kappa shape index (κ2) is 6.97. The Morgan fingerprint density at radius 3 is 2.24 bits per heavy atom. The smallest absolute Gasteiger partial charge is 0.0117 e. The second-order valence-corrected chi connectivity index (χ2v) is 8.76. The van der Waals surface area contributed by atoms with Crippen LogP contribution in [0.3, 0.4) is 0 Å². The van der Waals surface area contributed by atoms with Crippen LogP contribution in [0.15, 0.2) is 0 Å². The maximum Gasteiger partial charge on any atom is 0.0117 e. The fourth-order valence-corrected chi connectivity index (χ4v) is 4.06. The maximum absolute atomic E-state index is 3.79. The molecule has 1 aliphatic carbocycles. The van der Waals surface area contributed by atoms with Gasteiger partial charge in [0.2, 0.25) is 0 Å². The molecule has 0 radical (unpaired) electrons. The molecule has 0 unspecified atom stereocenters. The summed E-state index contributed by atoms with van der Waals surface area (Å²) in [5, 5.41) is 3.79. The first kappa shape index (κ1) is 17.2. The second-order valence-electron chi connectivity index (χ2n) is 8.76. The number of piperidine rings is 1. The van der Waals surface area contributed by atoms with Crippen LogP contribution in [0.1, 0.15) is 59.3 Å². The number of hydrogen-bond donors (Lipinski definition) is 1. The van der Waals surface area contributed by atoms with E-state index in [1.165, 1.54) is 64.7 Å². The Morgan fingerprint density at radius 1 is 1.14 bits per heavy atom. The van der Waals surface area contributed by atoms with E-state index in [1.54, 1.807) is 0 Å². The van der Waals surface area contributed by atoms with E-state index < -0.39 is 0 Å². The summed E-state index contributed by atoms with van der Waals surface area (Å²) in [6.07, 6.45) is 8.35. The lowest BCUT2D eigenvalue weighted by atomic mass is 9.84. The molecule has 0 aromatic rings. The monoisotopic (exact) mass is 295 g/mol. The van der Waals surface area contributed by atoms with Gasteiger partial charge in [-0.15, -0.1) is 0 Å². The average molecular weight is 296 g/mol. The van der Waals surface area contributed by atoms with Gasteiger partial charge in [0.25, 0.3) is 0 Å². The Kier molecular flexibility index (Phi) is 5.72. The SMILES string of the molecule is CN1CCC(N(C)CC2(CNC(C)(C)C)CCCC2)CC1. The van der Waals surface area contributed by atoms with Crippen LogP contribution < -0.4 is 5.32 Å². The zero-order valence-electron chi connectivity index (χ0n) is 15.0. The lowest BCUT2D eigenvalue weighted by Gasteiger charge is -2.41. The number of hydrogen-bond acceptors (Lipinski definition) is 3. The molecule has 0 atom stereocenters. The van der Waals surface area contributed by atoms with Gasteiger partial charge in [-0.25, -0.2) is 0 Å². The van der Waals surface area contributed by atoms with Crippen molar-refractivity contribution < 1.29 is 0 Å². The van der Waals surface area contributed by atoms with E-state index in [4.69, 9.17) is 0 Å². The van der Waals surface area contributed by atoms with Crippen molar-refractivity contribution in [3.05, 3.63) is 0 Å². The molecule has 3 heteroatoms. The van der Waals surface area contributed by atoms with Gasteiger partial charge in [0, 0.05) is 24.7 Å². The Balaban J connectivity index is 1.89. The minimum atomic E-state index is 0.238. The van der Waals surface area contributed by atoms with Gasteiger partial charge in [-0.3, -0.25) is 0 Å². The Hall–Kier alpha value is -0.120. The van der Waals surface area contributed by atoms with E-state index in [0.29, 0.717) is 5.41 Å². The van der Waals surface area contributed by atoms with Crippen molar-refractivity contribution >= 4 is 0 Å². The third-order valence-corrected chi connectivity index (χ3v) is 5.55. The molecule has 0 aromatic heterocycles. The zero-order chi connectivity index (χ0) is 15.5. The fraction of sp³-hybridized carbons (Fsp3) is 1.00. The Morgan fingerprint density at radius 2 is 1.71 bits per heavy atom. The standard InChI is InChI=1S/C18H37N3/c1-17(2,3)19-14-18(10-6-7-11-18)15-21(5)16-8-12-20(4)13-9-16/h16,19H,6-15H2,1-5H3. The minimum Gasteiger partial charge on any atom is -0.311 e. The van der Waals surface area contributed by atoms with Gasteiger partial charge in [0.1, 0.15) is 0 Å². The summed E-state index contributed by atoms with van der Waals surface area (Å²) in [5.74, 6) is 0. The van der Waals surface area contributed by atoms with E-state index in [0.717, 1.165) is 6.04 Å². The third kappa shape index (κ3) is 5.22. The summed E-state index contributed by atoms with van der Waals surface area (Å²) in [6.45, 7) is 11.9.